The van der Waals surface area contributed by atoms with Crippen LogP contribution in [0.25, 0.3) is 5.69 Å². The number of carboxylic acid groups (broad SMARTS) is 2. The summed E-state index contributed by atoms with van der Waals surface area (Å²) >= 11 is 0. The highest BCUT2D eigenvalue weighted by Gasteiger charge is 2.16. The lowest BCUT2D eigenvalue weighted by Gasteiger charge is -2.12. The normalized spacial score (nSPS) is 10.9. The fourth-order valence-corrected chi connectivity index (χ4v) is 3.02. The summed E-state index contributed by atoms with van der Waals surface area (Å²) in [7, 11) is 0. The number of pyridine rings is 1. The lowest BCUT2D eigenvalue weighted by atomic mass is 10.1. The van der Waals surface area contributed by atoms with Crippen molar-refractivity contribution in [3.63, 3.8) is 0 Å². The maximum Gasteiger partial charge on any atom is 0.335 e. The molecular formula is C21H18N4O5. The molecule has 2 aromatic heterocycles. The number of nitrogens with one attached hydrogen (secondary N) is 1. The molecule has 0 aliphatic heterocycles. The van der Waals surface area contributed by atoms with Crippen molar-refractivity contribution >= 4 is 24.1 Å². The lowest BCUT2D eigenvalue weighted by molar-refractivity contribution is 0.0696. The van der Waals surface area contributed by atoms with E-state index in [4.69, 9.17) is 0 Å². The van der Waals surface area contributed by atoms with Gasteiger partial charge in [-0.1, -0.05) is 6.07 Å². The molecule has 0 spiro atoms. The molecule has 0 fully saturated rings. The predicted molar refractivity (Wildman–Crippen MR) is 108 cm³/mol. The fraction of sp³-hybridized carbons (Fsp3) is 0.0952. The maximum atomic E-state index is 12.0. The molecule has 1 aromatic carbocycles. The van der Waals surface area contributed by atoms with Crippen LogP contribution in [-0.2, 0) is 0 Å². The van der Waals surface area contributed by atoms with E-state index in [2.05, 4.69) is 15.5 Å². The van der Waals surface area contributed by atoms with Crippen molar-refractivity contribution in [1.82, 2.24) is 15.0 Å². The average Bonchev–Trinajstić information content (AvgIpc) is 3.01. The first kappa shape index (κ1) is 20.5. The van der Waals surface area contributed by atoms with Crippen LogP contribution in [0.2, 0.25) is 0 Å². The largest absolute Gasteiger partial charge is 0.478 e. The second-order valence-corrected chi connectivity index (χ2v) is 6.45. The third-order valence-electron chi connectivity index (χ3n) is 4.41. The zero-order chi connectivity index (χ0) is 21.8. The van der Waals surface area contributed by atoms with E-state index in [1.165, 1.54) is 24.5 Å². The van der Waals surface area contributed by atoms with Crippen LogP contribution in [-0.4, -0.2) is 43.8 Å². The molecule has 9 nitrogen and oxygen atoms in total. The number of nitrogens with zero attached hydrogens (tertiary/aromatic N) is 3. The van der Waals surface area contributed by atoms with Gasteiger partial charge in [0.2, 0.25) is 0 Å². The summed E-state index contributed by atoms with van der Waals surface area (Å²) in [5, 5.41) is 22.6. The Morgan fingerprint density at radius 2 is 1.70 bits per heavy atom. The van der Waals surface area contributed by atoms with Gasteiger partial charge in [-0.2, -0.15) is 5.10 Å². The highest BCUT2D eigenvalue weighted by atomic mass is 16.4. The van der Waals surface area contributed by atoms with Crippen molar-refractivity contribution < 1.29 is 24.6 Å². The number of benzene rings is 1. The quantitative estimate of drug-likeness (QED) is 0.426. The van der Waals surface area contributed by atoms with E-state index in [-0.39, 0.29) is 16.8 Å². The number of hydrogen-bond donors (Lipinski definition) is 3. The minimum Gasteiger partial charge on any atom is -0.478 e. The Kier molecular flexibility index (Phi) is 5.73. The molecule has 3 rings (SSSR count). The molecule has 1 amide bonds. The van der Waals surface area contributed by atoms with Crippen LogP contribution in [0.1, 0.15) is 48.2 Å². The standard InChI is InChI=1S/C21H18N4O5/c1-12-7-16(11-23-24-19(26)18-5-3-4-6-22-18)13(2)25(12)17-9-14(20(27)28)8-15(10-17)21(29)30/h3-11H,1-2H3,(H,24,26)(H,27,28)(H,29,30)/b23-11-. The molecule has 0 saturated heterocycles. The summed E-state index contributed by atoms with van der Waals surface area (Å²) in [5.41, 5.74) is 4.88. The average molecular weight is 406 g/mol. The van der Waals surface area contributed by atoms with E-state index < -0.39 is 17.8 Å². The van der Waals surface area contributed by atoms with Gasteiger partial charge < -0.3 is 14.8 Å². The Bertz CT molecular complexity index is 1130. The van der Waals surface area contributed by atoms with Gasteiger partial charge in [-0.25, -0.2) is 15.0 Å². The number of aromatic nitrogens is 2. The summed E-state index contributed by atoms with van der Waals surface area (Å²) in [6.45, 7) is 3.58. The molecule has 9 heteroatoms. The highest BCUT2D eigenvalue weighted by Crippen LogP contribution is 2.22. The van der Waals surface area contributed by atoms with Gasteiger partial charge in [0, 0.05) is 28.8 Å². The van der Waals surface area contributed by atoms with E-state index >= 15 is 0 Å². The summed E-state index contributed by atoms with van der Waals surface area (Å²) in [6.07, 6.45) is 2.96. The fourth-order valence-electron chi connectivity index (χ4n) is 3.02. The molecule has 0 atom stereocenters. The number of hydrazone groups is 1. The molecule has 0 saturated carbocycles. The topological polar surface area (TPSA) is 134 Å². The Morgan fingerprint density at radius 1 is 1.03 bits per heavy atom. The van der Waals surface area contributed by atoms with Gasteiger partial charge in [0.1, 0.15) is 5.69 Å². The van der Waals surface area contributed by atoms with Crippen molar-refractivity contribution in [3.05, 3.63) is 82.4 Å². The molecule has 3 aromatic rings. The number of carboxylic acids is 2. The van der Waals surface area contributed by atoms with E-state index in [1.807, 2.05) is 0 Å². The first-order chi connectivity index (χ1) is 14.3. The predicted octanol–water partition coefficient (Wildman–Crippen LogP) is 2.65. The number of rotatable bonds is 6. The molecule has 152 valence electrons. The molecular weight excluding hydrogens is 388 g/mol. The molecule has 0 bridgehead atoms. The van der Waals surface area contributed by atoms with Crippen molar-refractivity contribution in [2.45, 2.75) is 13.8 Å². The van der Waals surface area contributed by atoms with Crippen LogP contribution < -0.4 is 5.43 Å². The van der Waals surface area contributed by atoms with Crippen LogP contribution in [0.5, 0.6) is 0 Å². The van der Waals surface area contributed by atoms with E-state index in [9.17, 15) is 24.6 Å². The number of carbonyl (C=O) groups excluding carboxylic acids is 1. The number of amides is 1. The minimum absolute atomic E-state index is 0.129. The van der Waals surface area contributed by atoms with Gasteiger partial charge in [-0.05, 0) is 50.2 Å². The van der Waals surface area contributed by atoms with Crippen LogP contribution in [0.3, 0.4) is 0 Å². The number of carbonyl (C=O) groups is 3. The van der Waals surface area contributed by atoms with Gasteiger partial charge in [-0.15, -0.1) is 0 Å². The highest BCUT2D eigenvalue weighted by molar-refractivity contribution is 5.95. The monoisotopic (exact) mass is 406 g/mol. The number of aryl methyl sites for hydroxylation is 1. The van der Waals surface area contributed by atoms with E-state index in [1.54, 1.807) is 42.7 Å². The molecule has 0 unspecified atom stereocenters. The van der Waals surface area contributed by atoms with Gasteiger partial charge in [0.05, 0.1) is 17.3 Å². The minimum atomic E-state index is -1.22. The van der Waals surface area contributed by atoms with Crippen molar-refractivity contribution in [1.29, 1.82) is 0 Å². The molecule has 0 radical (unpaired) electrons. The van der Waals surface area contributed by atoms with Crippen LogP contribution in [0.4, 0.5) is 0 Å². The molecule has 0 aliphatic rings. The second kappa shape index (κ2) is 8.39. The molecule has 2 heterocycles. The van der Waals surface area contributed by atoms with E-state index in [0.717, 1.165) is 11.8 Å². The second-order valence-electron chi connectivity index (χ2n) is 6.45. The molecule has 0 aliphatic carbocycles. The Labute approximate surface area is 171 Å². The summed E-state index contributed by atoms with van der Waals surface area (Å²) < 4.78 is 1.72. The molecule has 30 heavy (non-hydrogen) atoms. The zero-order valence-electron chi connectivity index (χ0n) is 16.2. The summed E-state index contributed by atoms with van der Waals surface area (Å²) in [6, 6.07) is 10.7. The van der Waals surface area contributed by atoms with Gasteiger partial charge in [0.25, 0.3) is 5.91 Å². The zero-order valence-corrected chi connectivity index (χ0v) is 16.2. The number of hydrogen-bond acceptors (Lipinski definition) is 5. The third kappa shape index (κ3) is 4.25. The van der Waals surface area contributed by atoms with Crippen LogP contribution >= 0.6 is 0 Å². The Morgan fingerprint density at radius 3 is 2.27 bits per heavy atom. The van der Waals surface area contributed by atoms with E-state index in [0.29, 0.717) is 16.9 Å². The van der Waals surface area contributed by atoms with Crippen LogP contribution in [0.15, 0.2) is 53.8 Å². The van der Waals surface area contributed by atoms with Gasteiger partial charge >= 0.3 is 11.9 Å². The summed E-state index contributed by atoms with van der Waals surface area (Å²) in [5.74, 6) is -2.90. The molecule has 3 N–H and O–H groups in total. The smallest absolute Gasteiger partial charge is 0.335 e. The number of aromatic carboxylic acids is 2. The van der Waals surface area contributed by atoms with Crippen molar-refractivity contribution in [2.24, 2.45) is 5.10 Å². The van der Waals surface area contributed by atoms with Gasteiger partial charge in [0.15, 0.2) is 0 Å². The summed E-state index contributed by atoms with van der Waals surface area (Å²) in [4.78, 5) is 38.7. The van der Waals surface area contributed by atoms with Crippen molar-refractivity contribution in [2.75, 3.05) is 0 Å². The van der Waals surface area contributed by atoms with Crippen LogP contribution in [0, 0.1) is 13.8 Å². The first-order valence-electron chi connectivity index (χ1n) is 8.83. The van der Waals surface area contributed by atoms with Gasteiger partial charge in [-0.3, -0.25) is 9.78 Å². The third-order valence-corrected chi connectivity index (χ3v) is 4.41. The Balaban J connectivity index is 1.92. The first-order valence-corrected chi connectivity index (χ1v) is 8.83. The maximum absolute atomic E-state index is 12.0. The SMILES string of the molecule is Cc1cc(/C=N\NC(=O)c2ccccn2)c(C)n1-c1cc(C(=O)O)cc(C(=O)O)c1. The van der Waals surface area contributed by atoms with Crippen molar-refractivity contribution in [3.8, 4) is 5.69 Å². The Hall–Kier alpha value is -4.27. The lowest BCUT2D eigenvalue weighted by Crippen LogP contribution is -2.18.